The number of hydrogen-bond acceptors (Lipinski definition) is 10. The molecule has 40 heavy (non-hydrogen) atoms. The average molecular weight is 547 g/mol. The number of phenolic OH excluding ortho intramolecular Hbond substituents is 2. The van der Waals surface area contributed by atoms with Crippen LogP contribution in [0.25, 0.3) is 0 Å². The number of aliphatic carboxylic acids is 1. The molecule has 0 radical (unpaired) electrons. The molecule has 0 aliphatic heterocycles. The van der Waals surface area contributed by atoms with E-state index in [0.717, 1.165) is 24.3 Å². The first-order valence-corrected chi connectivity index (χ1v) is 11.8. The third kappa shape index (κ3) is 4.67. The van der Waals surface area contributed by atoms with E-state index in [1.54, 1.807) is 0 Å². The largest absolute Gasteiger partial charge is 0.507 e. The number of aliphatic hydroxyl groups excluding tert-OH is 1. The van der Waals surface area contributed by atoms with Crippen molar-refractivity contribution in [2.24, 2.45) is 5.73 Å². The van der Waals surface area contributed by atoms with E-state index in [-0.39, 0.29) is 12.0 Å². The molecular formula is C28H21NO11. The minimum absolute atomic E-state index is 0.222. The maximum atomic E-state index is 14.0. The number of aliphatic hydroxyl groups is 1. The van der Waals surface area contributed by atoms with E-state index in [0.29, 0.717) is 0 Å². The Hall–Kier alpha value is -5.36. The molecule has 12 nitrogen and oxygen atoms in total. The number of hydrogen-bond donors (Lipinski definition) is 6. The van der Waals surface area contributed by atoms with Crippen molar-refractivity contribution in [2.45, 2.75) is 25.4 Å². The van der Waals surface area contributed by atoms with Crippen LogP contribution in [-0.4, -0.2) is 66.6 Å². The van der Waals surface area contributed by atoms with Gasteiger partial charge in [0.1, 0.15) is 17.2 Å². The van der Waals surface area contributed by atoms with Crippen molar-refractivity contribution in [3.05, 3.63) is 87.0 Å². The van der Waals surface area contributed by atoms with Gasteiger partial charge in [-0.05, 0) is 24.6 Å². The normalized spacial score (nSPS) is 12.8. The lowest BCUT2D eigenvalue weighted by Gasteiger charge is -2.23. The van der Waals surface area contributed by atoms with E-state index < -0.39 is 110 Å². The van der Waals surface area contributed by atoms with Gasteiger partial charge in [-0.1, -0.05) is 24.3 Å². The highest BCUT2D eigenvalue weighted by Crippen LogP contribution is 2.40. The number of primary amides is 1. The van der Waals surface area contributed by atoms with Crippen molar-refractivity contribution >= 4 is 35.0 Å². The third-order valence-corrected chi connectivity index (χ3v) is 6.45. The van der Waals surface area contributed by atoms with Crippen LogP contribution in [0.3, 0.4) is 0 Å². The van der Waals surface area contributed by atoms with E-state index in [4.69, 9.17) is 10.8 Å². The number of carbonyl (C=O) groups excluding carboxylic acids is 5. The lowest BCUT2D eigenvalue weighted by atomic mass is 9.77. The molecular weight excluding hydrogens is 526 g/mol. The van der Waals surface area contributed by atoms with Crippen LogP contribution in [0.4, 0.5) is 0 Å². The molecule has 1 aliphatic rings. The second-order valence-electron chi connectivity index (χ2n) is 9.03. The molecule has 1 aliphatic carbocycles. The molecule has 0 fully saturated rings. The summed E-state index contributed by atoms with van der Waals surface area (Å²) < 4.78 is 0. The number of Topliss-reactive ketones (excluding diaryl/α,β-unsaturated/α-hetero) is 1. The monoisotopic (exact) mass is 547 g/mol. The molecule has 0 saturated carbocycles. The Morgan fingerprint density at radius 1 is 0.775 bits per heavy atom. The Morgan fingerprint density at radius 3 is 2.08 bits per heavy atom. The molecule has 0 spiro atoms. The summed E-state index contributed by atoms with van der Waals surface area (Å²) in [5.74, 6) is -8.95. The molecule has 0 saturated heterocycles. The summed E-state index contributed by atoms with van der Waals surface area (Å²) in [6.07, 6.45) is -2.77. The highest BCUT2D eigenvalue weighted by atomic mass is 16.4. The molecule has 0 heterocycles. The van der Waals surface area contributed by atoms with Crippen molar-refractivity contribution in [3.63, 3.8) is 0 Å². The molecule has 7 N–H and O–H groups in total. The van der Waals surface area contributed by atoms with Crippen molar-refractivity contribution in [2.75, 3.05) is 0 Å². The van der Waals surface area contributed by atoms with Gasteiger partial charge in [-0.3, -0.25) is 28.8 Å². The van der Waals surface area contributed by atoms with Crippen LogP contribution >= 0.6 is 0 Å². The van der Waals surface area contributed by atoms with Gasteiger partial charge in [0.25, 0.3) is 5.91 Å². The molecule has 0 bridgehead atoms. The van der Waals surface area contributed by atoms with Crippen molar-refractivity contribution in [1.29, 1.82) is 0 Å². The summed E-state index contributed by atoms with van der Waals surface area (Å²) in [5.41, 5.74) is 0.766. The van der Waals surface area contributed by atoms with Gasteiger partial charge in [-0.2, -0.15) is 0 Å². The molecule has 1 unspecified atom stereocenters. The van der Waals surface area contributed by atoms with Gasteiger partial charge in [0.15, 0.2) is 23.1 Å². The summed E-state index contributed by atoms with van der Waals surface area (Å²) in [6.45, 7) is 0. The van der Waals surface area contributed by atoms with Gasteiger partial charge >= 0.3 is 5.97 Å². The maximum Gasteiger partial charge on any atom is 0.305 e. The molecule has 12 heteroatoms. The van der Waals surface area contributed by atoms with Crippen LogP contribution in [-0.2, 0) is 4.79 Å². The molecule has 3 aromatic rings. The van der Waals surface area contributed by atoms with Gasteiger partial charge in [-0.25, -0.2) is 0 Å². The number of benzene rings is 3. The van der Waals surface area contributed by atoms with Crippen molar-refractivity contribution in [1.82, 2.24) is 0 Å². The molecule has 4 rings (SSSR count). The Kier molecular flexibility index (Phi) is 7.21. The van der Waals surface area contributed by atoms with Crippen LogP contribution in [0.15, 0.2) is 42.5 Å². The molecule has 0 aromatic heterocycles. The maximum absolute atomic E-state index is 14.0. The van der Waals surface area contributed by atoms with Crippen LogP contribution in [0.1, 0.15) is 87.7 Å². The van der Waals surface area contributed by atoms with Gasteiger partial charge in [-0.15, -0.1) is 0 Å². The van der Waals surface area contributed by atoms with E-state index in [2.05, 4.69) is 0 Å². The zero-order valence-corrected chi connectivity index (χ0v) is 20.5. The average Bonchev–Trinajstić information content (AvgIpc) is 2.88. The lowest BCUT2D eigenvalue weighted by molar-refractivity contribution is -0.139. The highest BCUT2D eigenvalue weighted by Gasteiger charge is 2.40. The smallest absolute Gasteiger partial charge is 0.305 e. The predicted molar refractivity (Wildman–Crippen MR) is 135 cm³/mol. The van der Waals surface area contributed by atoms with E-state index in [1.807, 2.05) is 0 Å². The van der Waals surface area contributed by atoms with Crippen LogP contribution in [0.5, 0.6) is 17.2 Å². The molecule has 1 atom stereocenters. The first-order chi connectivity index (χ1) is 18.8. The van der Waals surface area contributed by atoms with Gasteiger partial charge in [0, 0.05) is 28.7 Å². The number of phenols is 3. The Balaban J connectivity index is 1.93. The zero-order valence-electron chi connectivity index (χ0n) is 20.5. The Morgan fingerprint density at radius 2 is 1.43 bits per heavy atom. The van der Waals surface area contributed by atoms with Gasteiger partial charge in [0.05, 0.1) is 34.8 Å². The topological polar surface area (TPSA) is 230 Å². The quantitative estimate of drug-likeness (QED) is 0.165. The van der Waals surface area contributed by atoms with Crippen molar-refractivity contribution < 1.29 is 54.3 Å². The van der Waals surface area contributed by atoms with Gasteiger partial charge < -0.3 is 31.3 Å². The number of ketones is 4. The summed E-state index contributed by atoms with van der Waals surface area (Å²) in [7, 11) is 0. The fraction of sp³-hybridized carbons (Fsp3) is 0.143. The first-order valence-electron chi connectivity index (χ1n) is 11.8. The van der Waals surface area contributed by atoms with Gasteiger partial charge in [0.2, 0.25) is 0 Å². The Bertz CT molecular complexity index is 1650. The van der Waals surface area contributed by atoms with E-state index >= 15 is 0 Å². The number of nitrogens with two attached hydrogens (primary N) is 1. The van der Waals surface area contributed by atoms with E-state index in [1.165, 1.54) is 18.2 Å². The minimum Gasteiger partial charge on any atom is -0.507 e. The summed E-state index contributed by atoms with van der Waals surface area (Å²) in [4.78, 5) is 77.0. The molecule has 204 valence electrons. The van der Waals surface area contributed by atoms with Crippen LogP contribution in [0, 0.1) is 0 Å². The predicted octanol–water partition coefficient (Wildman–Crippen LogP) is 1.71. The molecule has 1 amide bonds. The summed E-state index contributed by atoms with van der Waals surface area (Å²) >= 11 is 0. The highest BCUT2D eigenvalue weighted by molar-refractivity contribution is 6.35. The second kappa shape index (κ2) is 10.4. The number of carboxylic acids is 1. The van der Waals surface area contributed by atoms with E-state index in [9.17, 15) is 49.2 Å². The SMILES string of the molecule is NC(=O)c1c(O)cc2c(c1C(=O)c1c(O)cccc1C(=O)CCC(O)CC(=O)O)C(=O)c1c(O)cccc1C2=O. The van der Waals surface area contributed by atoms with Crippen molar-refractivity contribution in [3.8, 4) is 17.2 Å². The third-order valence-electron chi connectivity index (χ3n) is 6.45. The number of carbonyl (C=O) groups is 6. The fourth-order valence-corrected chi connectivity index (χ4v) is 4.67. The first kappa shape index (κ1) is 27.7. The van der Waals surface area contributed by atoms with Crippen LogP contribution in [0.2, 0.25) is 0 Å². The lowest BCUT2D eigenvalue weighted by Crippen LogP contribution is -2.28. The van der Waals surface area contributed by atoms with Crippen LogP contribution < -0.4 is 5.73 Å². The zero-order chi connectivity index (χ0) is 29.5. The number of aromatic hydroxyl groups is 3. The Labute approximate surface area is 224 Å². The number of rotatable bonds is 9. The number of carboxylic acid groups (broad SMARTS) is 1. The molecule has 3 aromatic carbocycles. The summed E-state index contributed by atoms with van der Waals surface area (Å²) in [6, 6.07) is 7.88. The number of fused-ring (bicyclic) bond motifs is 2. The number of amides is 1. The second-order valence-corrected chi connectivity index (χ2v) is 9.03. The fourth-order valence-electron chi connectivity index (χ4n) is 4.67. The minimum atomic E-state index is -1.38. The summed E-state index contributed by atoms with van der Waals surface area (Å²) in [5, 5.41) is 50.2. The standard InChI is InChI=1S/C28H21NO11/c29-28(40)23-18(34)10-14-22(26(38)21-13(25(14)37)4-2-6-17(21)33)24(23)27(39)20-12(3-1-5-16(20)32)15(31)8-7-11(30)9-19(35)36/h1-6,10-11,30,32-34H,7-9H2,(H2,29,40)(H,35,36).